The summed E-state index contributed by atoms with van der Waals surface area (Å²) in [7, 11) is 0. The fourth-order valence-electron chi connectivity index (χ4n) is 4.07. The van der Waals surface area contributed by atoms with Crippen LogP contribution in [0.2, 0.25) is 0 Å². The fraction of sp³-hybridized carbons (Fsp3) is 0.923. The van der Waals surface area contributed by atoms with Crippen molar-refractivity contribution in [2.75, 3.05) is 19.8 Å². The topological polar surface area (TPSA) is 79.2 Å². The molecule has 0 aromatic rings. The molecule has 1 rings (SSSR count). The van der Waals surface area contributed by atoms with Gasteiger partial charge in [-0.15, -0.1) is 0 Å². The van der Waals surface area contributed by atoms with Gasteiger partial charge < -0.3 is 24.8 Å². The van der Waals surface area contributed by atoms with Gasteiger partial charge in [-0.25, -0.2) is 0 Å². The van der Waals surface area contributed by atoms with E-state index in [0.717, 1.165) is 12.8 Å². The number of aliphatic hydroxyl groups excluding tert-OH is 3. The second kappa shape index (κ2) is 20.2. The highest BCUT2D eigenvalue weighted by atomic mass is 16.5. The van der Waals surface area contributed by atoms with Crippen molar-refractivity contribution in [2.24, 2.45) is 0 Å². The molecule has 3 N–H and O–H groups in total. The highest BCUT2D eigenvalue weighted by Crippen LogP contribution is 2.18. The van der Waals surface area contributed by atoms with Crippen LogP contribution in [0.5, 0.6) is 0 Å². The zero-order valence-corrected chi connectivity index (χ0v) is 20.1. The largest absolute Gasteiger partial charge is 0.388 e. The van der Waals surface area contributed by atoms with Crippen LogP contribution in [0.15, 0.2) is 12.2 Å². The fourth-order valence-corrected chi connectivity index (χ4v) is 4.07. The van der Waals surface area contributed by atoms with Crippen molar-refractivity contribution in [3.05, 3.63) is 12.2 Å². The molecular weight excluding hydrogens is 392 g/mol. The standard InChI is InChI=1S/C26H50O5/c1-2-3-4-5-6-7-8-9-10-11-12-13-14-15-16-17-18-19-20-30-21-24(28)26-25(29)23(27)22-31-26/h9-10,23-29H,2-8,11-22H2,1H3/b10-9+/t23-,24+,25+,26+/m1/s1. The third kappa shape index (κ3) is 15.1. The zero-order valence-electron chi connectivity index (χ0n) is 20.1. The number of hydrogen-bond donors (Lipinski definition) is 3. The molecule has 0 spiro atoms. The molecule has 31 heavy (non-hydrogen) atoms. The van der Waals surface area contributed by atoms with Gasteiger partial charge in [-0.2, -0.15) is 0 Å². The minimum atomic E-state index is -1.03. The second-order valence-corrected chi connectivity index (χ2v) is 9.14. The quantitative estimate of drug-likeness (QED) is 0.166. The molecule has 5 nitrogen and oxygen atoms in total. The Morgan fingerprint density at radius 2 is 1.32 bits per heavy atom. The summed E-state index contributed by atoms with van der Waals surface area (Å²) in [5.74, 6) is 0. The van der Waals surface area contributed by atoms with E-state index in [0.29, 0.717) is 6.61 Å². The summed E-state index contributed by atoms with van der Waals surface area (Å²) in [5.41, 5.74) is 0. The average molecular weight is 443 g/mol. The number of unbranched alkanes of at least 4 members (excludes halogenated alkanes) is 14. The summed E-state index contributed by atoms with van der Waals surface area (Å²) < 4.78 is 10.7. The van der Waals surface area contributed by atoms with E-state index in [9.17, 15) is 15.3 Å². The van der Waals surface area contributed by atoms with E-state index < -0.39 is 24.4 Å². The molecule has 0 saturated carbocycles. The summed E-state index contributed by atoms with van der Waals surface area (Å²) in [5, 5.41) is 29.1. The predicted octanol–water partition coefficient (Wildman–Crippen LogP) is 5.30. The van der Waals surface area contributed by atoms with Gasteiger partial charge in [0.1, 0.15) is 24.4 Å². The van der Waals surface area contributed by atoms with Crippen molar-refractivity contribution in [1.29, 1.82) is 0 Å². The molecule has 4 atom stereocenters. The molecule has 0 aromatic heterocycles. The van der Waals surface area contributed by atoms with Crippen LogP contribution in [0.3, 0.4) is 0 Å². The van der Waals surface area contributed by atoms with Crippen LogP contribution in [-0.4, -0.2) is 59.6 Å². The van der Waals surface area contributed by atoms with Crippen LogP contribution in [0, 0.1) is 0 Å². The maximum Gasteiger partial charge on any atom is 0.114 e. The molecule has 1 aliphatic heterocycles. The smallest absolute Gasteiger partial charge is 0.114 e. The van der Waals surface area contributed by atoms with Gasteiger partial charge in [0.05, 0.1) is 13.2 Å². The first-order valence-corrected chi connectivity index (χ1v) is 13.0. The Hall–Kier alpha value is -0.460. The van der Waals surface area contributed by atoms with E-state index in [1.54, 1.807) is 0 Å². The lowest BCUT2D eigenvalue weighted by Gasteiger charge is -2.20. The minimum absolute atomic E-state index is 0.0683. The van der Waals surface area contributed by atoms with Gasteiger partial charge in [-0.1, -0.05) is 89.7 Å². The Morgan fingerprint density at radius 1 is 0.806 bits per heavy atom. The zero-order chi connectivity index (χ0) is 22.6. The molecule has 1 fully saturated rings. The van der Waals surface area contributed by atoms with Gasteiger partial charge in [0.15, 0.2) is 0 Å². The highest BCUT2D eigenvalue weighted by Gasteiger charge is 2.39. The van der Waals surface area contributed by atoms with Crippen molar-refractivity contribution >= 4 is 0 Å². The van der Waals surface area contributed by atoms with Crippen molar-refractivity contribution < 1.29 is 24.8 Å². The van der Waals surface area contributed by atoms with Gasteiger partial charge in [0, 0.05) is 6.61 Å². The van der Waals surface area contributed by atoms with E-state index >= 15 is 0 Å². The van der Waals surface area contributed by atoms with Crippen molar-refractivity contribution in [3.8, 4) is 0 Å². The normalized spacial score (nSPS) is 22.5. The monoisotopic (exact) mass is 442 g/mol. The van der Waals surface area contributed by atoms with E-state index in [1.807, 2.05) is 0 Å². The number of hydrogen-bond acceptors (Lipinski definition) is 5. The molecule has 0 aliphatic carbocycles. The number of rotatable bonds is 21. The van der Waals surface area contributed by atoms with E-state index in [4.69, 9.17) is 9.47 Å². The maximum absolute atomic E-state index is 9.96. The van der Waals surface area contributed by atoms with Gasteiger partial charge in [-0.3, -0.25) is 0 Å². The molecule has 0 bridgehead atoms. The average Bonchev–Trinajstić information content (AvgIpc) is 3.10. The summed E-state index contributed by atoms with van der Waals surface area (Å²) in [6.45, 7) is 3.10. The van der Waals surface area contributed by atoms with Gasteiger partial charge in [-0.05, 0) is 32.1 Å². The van der Waals surface area contributed by atoms with E-state index in [2.05, 4.69) is 19.1 Å². The molecule has 1 saturated heterocycles. The first kappa shape index (κ1) is 28.6. The Bertz CT molecular complexity index is 415. The molecule has 1 aliphatic rings. The Morgan fingerprint density at radius 3 is 1.84 bits per heavy atom. The van der Waals surface area contributed by atoms with Crippen molar-refractivity contribution in [2.45, 2.75) is 134 Å². The Balaban J connectivity index is 1.76. The second-order valence-electron chi connectivity index (χ2n) is 9.14. The molecule has 1 heterocycles. The molecule has 5 heteroatoms. The number of aliphatic hydroxyl groups is 3. The molecule has 184 valence electrons. The van der Waals surface area contributed by atoms with Crippen molar-refractivity contribution in [3.63, 3.8) is 0 Å². The Labute approximate surface area is 191 Å². The molecule has 0 amide bonds. The lowest BCUT2D eigenvalue weighted by atomic mass is 10.1. The van der Waals surface area contributed by atoms with Gasteiger partial charge in [0.2, 0.25) is 0 Å². The molecule has 0 unspecified atom stereocenters. The first-order valence-electron chi connectivity index (χ1n) is 13.0. The maximum atomic E-state index is 9.96. The SMILES string of the molecule is CCCCCCCC/C=C/CCCCCCCCCCOC[C@H](O)[C@@H]1OC[C@@H](O)[C@@H]1O. The third-order valence-electron chi connectivity index (χ3n) is 6.16. The van der Waals surface area contributed by atoms with Crippen molar-refractivity contribution in [1.82, 2.24) is 0 Å². The first-order chi connectivity index (χ1) is 15.2. The summed E-state index contributed by atoms with van der Waals surface area (Å²) in [6, 6.07) is 0. The van der Waals surface area contributed by atoms with Gasteiger partial charge in [0.25, 0.3) is 0 Å². The molecular formula is C26H50O5. The predicted molar refractivity (Wildman–Crippen MR) is 127 cm³/mol. The van der Waals surface area contributed by atoms with Crippen LogP contribution < -0.4 is 0 Å². The highest BCUT2D eigenvalue weighted by molar-refractivity contribution is 4.87. The summed E-state index contributed by atoms with van der Waals surface area (Å²) in [6.07, 6.45) is 22.0. The Kier molecular flexibility index (Phi) is 18.6. The van der Waals surface area contributed by atoms with E-state index in [-0.39, 0.29) is 13.2 Å². The lowest BCUT2D eigenvalue weighted by molar-refractivity contribution is -0.0813. The minimum Gasteiger partial charge on any atom is -0.388 e. The van der Waals surface area contributed by atoms with Gasteiger partial charge >= 0.3 is 0 Å². The summed E-state index contributed by atoms with van der Waals surface area (Å²) in [4.78, 5) is 0. The summed E-state index contributed by atoms with van der Waals surface area (Å²) >= 11 is 0. The molecule has 0 radical (unpaired) electrons. The lowest BCUT2D eigenvalue weighted by Crippen LogP contribution is -2.40. The van der Waals surface area contributed by atoms with Crippen LogP contribution in [0.25, 0.3) is 0 Å². The van der Waals surface area contributed by atoms with E-state index in [1.165, 1.54) is 89.9 Å². The van der Waals surface area contributed by atoms with Crippen LogP contribution in [-0.2, 0) is 9.47 Å². The van der Waals surface area contributed by atoms with Crippen LogP contribution >= 0.6 is 0 Å². The number of allylic oxidation sites excluding steroid dienone is 2. The van der Waals surface area contributed by atoms with Crippen LogP contribution in [0.1, 0.15) is 110 Å². The third-order valence-corrected chi connectivity index (χ3v) is 6.16. The van der Waals surface area contributed by atoms with Crippen LogP contribution in [0.4, 0.5) is 0 Å². The number of ether oxygens (including phenoxy) is 2. The molecule has 0 aromatic carbocycles.